The van der Waals surface area contributed by atoms with Crippen LogP contribution in [0.3, 0.4) is 0 Å². The van der Waals surface area contributed by atoms with Gasteiger partial charge in [-0.15, -0.1) is 0 Å². The van der Waals surface area contributed by atoms with Crippen molar-refractivity contribution in [2.24, 2.45) is 0 Å². The first-order valence-electron chi connectivity index (χ1n) is 6.94. The second kappa shape index (κ2) is 6.49. The maximum absolute atomic E-state index is 13.3. The zero-order valence-corrected chi connectivity index (χ0v) is 11.6. The number of amides is 1. The molecule has 2 N–H and O–H groups in total. The third kappa shape index (κ3) is 3.98. The van der Waals surface area contributed by atoms with Crippen LogP contribution in [0.15, 0.2) is 30.3 Å². The summed E-state index contributed by atoms with van der Waals surface area (Å²) in [5.41, 5.74) is 0.967. The fourth-order valence-corrected chi connectivity index (χ4v) is 2.58. The lowest BCUT2D eigenvalue weighted by Gasteiger charge is -2.25. The Labute approximate surface area is 122 Å². The van der Waals surface area contributed by atoms with E-state index in [1.807, 2.05) is 30.3 Å². The van der Waals surface area contributed by atoms with Crippen LogP contribution in [0, 0.1) is 0 Å². The van der Waals surface area contributed by atoms with E-state index < -0.39 is 43.5 Å². The largest absolute Gasteiger partial charge is 0.394 e. The van der Waals surface area contributed by atoms with E-state index >= 15 is 0 Å². The molecular weight excluding hydrogens is 280 g/mol. The minimum absolute atomic E-state index is 0.170. The molecule has 0 aromatic heterocycles. The van der Waals surface area contributed by atoms with Gasteiger partial charge in [0.05, 0.1) is 19.2 Å². The SMILES string of the molecule is O=C(C(O)CCc1ccccc1)N1CC(F)(F)CC1CO. The van der Waals surface area contributed by atoms with Gasteiger partial charge in [0.2, 0.25) is 0 Å². The van der Waals surface area contributed by atoms with E-state index in [9.17, 15) is 18.7 Å². The standard InChI is InChI=1S/C15H19F2NO3/c16-15(17)8-12(9-19)18(10-15)14(21)13(20)7-6-11-4-2-1-3-5-11/h1-5,12-13,19-20H,6-10H2. The van der Waals surface area contributed by atoms with Gasteiger partial charge in [0.1, 0.15) is 6.10 Å². The number of likely N-dealkylation sites (tertiary alicyclic amines) is 1. The highest BCUT2D eigenvalue weighted by atomic mass is 19.3. The van der Waals surface area contributed by atoms with Crippen LogP contribution in [0.1, 0.15) is 18.4 Å². The first kappa shape index (κ1) is 15.9. The summed E-state index contributed by atoms with van der Waals surface area (Å²) in [7, 11) is 0. The fraction of sp³-hybridized carbons (Fsp3) is 0.533. The quantitative estimate of drug-likeness (QED) is 0.859. The normalized spacial score (nSPS) is 22.3. The molecule has 2 rings (SSSR count). The predicted molar refractivity (Wildman–Crippen MR) is 72.9 cm³/mol. The van der Waals surface area contributed by atoms with E-state index in [-0.39, 0.29) is 6.42 Å². The van der Waals surface area contributed by atoms with Crippen LogP contribution < -0.4 is 0 Å². The molecule has 1 aromatic carbocycles. The van der Waals surface area contributed by atoms with Gasteiger partial charge in [0.15, 0.2) is 0 Å². The zero-order valence-electron chi connectivity index (χ0n) is 11.6. The summed E-state index contributed by atoms with van der Waals surface area (Å²) in [6.07, 6.45) is -1.22. The van der Waals surface area contributed by atoms with Gasteiger partial charge >= 0.3 is 0 Å². The number of carbonyl (C=O) groups excluding carboxylic acids is 1. The van der Waals surface area contributed by atoms with Gasteiger partial charge in [-0.3, -0.25) is 4.79 Å². The number of aryl methyl sites for hydroxylation is 1. The topological polar surface area (TPSA) is 60.8 Å². The van der Waals surface area contributed by atoms with Crippen molar-refractivity contribution in [3.05, 3.63) is 35.9 Å². The van der Waals surface area contributed by atoms with Crippen LogP contribution in [-0.4, -0.2) is 52.2 Å². The Kier molecular flexibility index (Phi) is 4.90. The molecule has 1 heterocycles. The van der Waals surface area contributed by atoms with Crippen molar-refractivity contribution >= 4 is 5.91 Å². The molecular formula is C15H19F2NO3. The van der Waals surface area contributed by atoms with Gasteiger partial charge in [-0.25, -0.2) is 8.78 Å². The van der Waals surface area contributed by atoms with Crippen LogP contribution in [0.4, 0.5) is 8.78 Å². The average molecular weight is 299 g/mol. The number of alkyl halides is 2. The van der Waals surface area contributed by atoms with E-state index in [2.05, 4.69) is 0 Å². The number of benzene rings is 1. The van der Waals surface area contributed by atoms with E-state index in [1.165, 1.54) is 0 Å². The van der Waals surface area contributed by atoms with Crippen molar-refractivity contribution in [1.82, 2.24) is 4.90 Å². The highest BCUT2D eigenvalue weighted by molar-refractivity contribution is 5.81. The molecule has 0 aliphatic carbocycles. The predicted octanol–water partition coefficient (Wildman–Crippen LogP) is 1.21. The summed E-state index contributed by atoms with van der Waals surface area (Å²) in [4.78, 5) is 13.0. The number of aliphatic hydroxyl groups excluding tert-OH is 2. The summed E-state index contributed by atoms with van der Waals surface area (Å²) in [6, 6.07) is 8.40. The number of hydrogen-bond donors (Lipinski definition) is 2. The smallest absolute Gasteiger partial charge is 0.267 e. The molecule has 2 unspecified atom stereocenters. The lowest BCUT2D eigenvalue weighted by atomic mass is 10.1. The second-order valence-corrected chi connectivity index (χ2v) is 5.40. The van der Waals surface area contributed by atoms with Crippen molar-refractivity contribution < 1.29 is 23.8 Å². The van der Waals surface area contributed by atoms with Crippen LogP contribution in [0.5, 0.6) is 0 Å². The molecule has 4 nitrogen and oxygen atoms in total. The Bertz CT molecular complexity index is 481. The maximum Gasteiger partial charge on any atom is 0.267 e. The molecule has 1 saturated heterocycles. The van der Waals surface area contributed by atoms with Crippen LogP contribution in [0.25, 0.3) is 0 Å². The lowest BCUT2D eigenvalue weighted by Crippen LogP contribution is -2.44. The molecule has 0 spiro atoms. The van der Waals surface area contributed by atoms with Gasteiger partial charge < -0.3 is 15.1 Å². The van der Waals surface area contributed by atoms with Gasteiger partial charge in [0, 0.05) is 6.42 Å². The molecule has 0 bridgehead atoms. The molecule has 21 heavy (non-hydrogen) atoms. The molecule has 2 atom stereocenters. The van der Waals surface area contributed by atoms with Gasteiger partial charge in [-0.05, 0) is 18.4 Å². The average Bonchev–Trinajstić information content (AvgIpc) is 2.80. The number of carbonyl (C=O) groups is 1. The summed E-state index contributed by atoms with van der Waals surface area (Å²) < 4.78 is 26.6. The van der Waals surface area contributed by atoms with E-state index in [0.29, 0.717) is 6.42 Å². The summed E-state index contributed by atoms with van der Waals surface area (Å²) in [5.74, 6) is -3.73. The minimum Gasteiger partial charge on any atom is -0.394 e. The van der Waals surface area contributed by atoms with Crippen LogP contribution >= 0.6 is 0 Å². The molecule has 1 aliphatic rings. The van der Waals surface area contributed by atoms with Gasteiger partial charge in [-0.2, -0.15) is 0 Å². The number of nitrogens with zero attached hydrogens (tertiary/aromatic N) is 1. The summed E-state index contributed by atoms with van der Waals surface area (Å²) in [5, 5.41) is 19.0. The molecule has 0 radical (unpaired) electrons. The Hall–Kier alpha value is -1.53. The number of halogens is 2. The Morgan fingerprint density at radius 1 is 1.38 bits per heavy atom. The minimum atomic E-state index is -3.00. The van der Waals surface area contributed by atoms with Crippen LogP contribution in [0.2, 0.25) is 0 Å². The fourth-order valence-electron chi connectivity index (χ4n) is 2.58. The van der Waals surface area contributed by atoms with Gasteiger partial charge in [0.25, 0.3) is 11.8 Å². The van der Waals surface area contributed by atoms with Crippen molar-refractivity contribution in [3.63, 3.8) is 0 Å². The molecule has 1 fully saturated rings. The zero-order chi connectivity index (χ0) is 15.5. The van der Waals surface area contributed by atoms with Crippen LogP contribution in [-0.2, 0) is 11.2 Å². The number of aliphatic hydroxyl groups is 2. The first-order chi connectivity index (χ1) is 9.93. The Balaban J connectivity index is 1.93. The lowest BCUT2D eigenvalue weighted by molar-refractivity contribution is -0.143. The van der Waals surface area contributed by atoms with E-state index in [1.54, 1.807) is 0 Å². The molecule has 1 aliphatic heterocycles. The number of hydrogen-bond acceptors (Lipinski definition) is 3. The molecule has 1 amide bonds. The highest BCUT2D eigenvalue weighted by Crippen LogP contribution is 2.32. The summed E-state index contributed by atoms with van der Waals surface area (Å²) >= 11 is 0. The Morgan fingerprint density at radius 3 is 2.67 bits per heavy atom. The molecule has 6 heteroatoms. The van der Waals surface area contributed by atoms with E-state index in [0.717, 1.165) is 10.5 Å². The monoisotopic (exact) mass is 299 g/mol. The highest BCUT2D eigenvalue weighted by Gasteiger charge is 2.47. The maximum atomic E-state index is 13.3. The molecule has 0 saturated carbocycles. The van der Waals surface area contributed by atoms with Crippen molar-refractivity contribution in [1.29, 1.82) is 0 Å². The molecule has 116 valence electrons. The summed E-state index contributed by atoms with van der Waals surface area (Å²) in [6.45, 7) is -1.26. The van der Waals surface area contributed by atoms with Crippen molar-refractivity contribution in [3.8, 4) is 0 Å². The Morgan fingerprint density at radius 2 is 2.05 bits per heavy atom. The third-order valence-corrected chi connectivity index (χ3v) is 3.70. The van der Waals surface area contributed by atoms with E-state index in [4.69, 9.17) is 5.11 Å². The van der Waals surface area contributed by atoms with Crippen molar-refractivity contribution in [2.75, 3.05) is 13.2 Å². The first-order valence-corrected chi connectivity index (χ1v) is 6.94. The molecule has 1 aromatic rings. The van der Waals surface area contributed by atoms with Gasteiger partial charge in [-0.1, -0.05) is 30.3 Å². The number of rotatable bonds is 5. The van der Waals surface area contributed by atoms with Crippen molar-refractivity contribution in [2.45, 2.75) is 37.3 Å². The third-order valence-electron chi connectivity index (χ3n) is 3.70. The second-order valence-electron chi connectivity index (χ2n) is 5.40.